The summed E-state index contributed by atoms with van der Waals surface area (Å²) in [5.41, 5.74) is 0. The van der Waals surface area contributed by atoms with Crippen LogP contribution in [0.2, 0.25) is 0 Å². The van der Waals surface area contributed by atoms with Crippen LogP contribution < -0.4 is 10.6 Å². The second-order valence-corrected chi connectivity index (χ2v) is 9.40. The van der Waals surface area contributed by atoms with Gasteiger partial charge in [-0.1, -0.05) is 0 Å². The lowest BCUT2D eigenvalue weighted by Crippen LogP contribution is -2.61. The van der Waals surface area contributed by atoms with Crippen molar-refractivity contribution in [2.24, 2.45) is 0 Å². The number of aliphatic hydroxyl groups is 2. The summed E-state index contributed by atoms with van der Waals surface area (Å²) in [6.45, 7) is 7.98. The first-order valence-electron chi connectivity index (χ1n) is 11.7. The zero-order valence-corrected chi connectivity index (χ0v) is 18.0. The highest BCUT2D eigenvalue weighted by Gasteiger charge is 2.47. The first-order valence-corrected chi connectivity index (χ1v) is 11.7. The number of nitrogens with zero attached hydrogens (tertiary/aromatic N) is 3. The van der Waals surface area contributed by atoms with Crippen molar-refractivity contribution in [2.45, 2.75) is 68.7 Å². The summed E-state index contributed by atoms with van der Waals surface area (Å²) in [4.78, 5) is 7.34. The fourth-order valence-corrected chi connectivity index (χ4v) is 5.58. The number of piperidine rings is 2. The lowest BCUT2D eigenvalue weighted by atomic mass is 10.00. The fraction of sp³-hybridized carbons (Fsp3) is 1.00. The predicted molar refractivity (Wildman–Crippen MR) is 113 cm³/mol. The third-order valence-corrected chi connectivity index (χ3v) is 7.46. The van der Waals surface area contributed by atoms with E-state index >= 15 is 0 Å². The maximum atomic E-state index is 10.9. The third kappa shape index (κ3) is 5.30. The van der Waals surface area contributed by atoms with Crippen molar-refractivity contribution in [2.75, 3.05) is 66.0 Å². The number of likely N-dealkylation sites (tertiary alicyclic amines) is 1. The Morgan fingerprint density at radius 1 is 0.966 bits per heavy atom. The molecule has 4 N–H and O–H groups in total. The molecule has 4 aliphatic heterocycles. The standard InChI is InChI=1S/C21H41N5O3/c1-24-8-5-16(6-9-24)23-14-17-20(21(28)18(15-27)29-17)26-12-10-25(11-13-26)19-4-2-3-7-22-19/h16-23,27-28H,2-15H2,1H3. The van der Waals surface area contributed by atoms with E-state index in [-0.39, 0.29) is 18.8 Å². The molecule has 5 atom stereocenters. The molecule has 4 aliphatic rings. The Morgan fingerprint density at radius 3 is 2.34 bits per heavy atom. The molecule has 0 bridgehead atoms. The van der Waals surface area contributed by atoms with E-state index in [9.17, 15) is 10.2 Å². The van der Waals surface area contributed by atoms with Crippen LogP contribution in [0.15, 0.2) is 0 Å². The molecule has 4 rings (SSSR count). The summed E-state index contributed by atoms with van der Waals surface area (Å²) < 4.78 is 6.10. The molecule has 168 valence electrons. The van der Waals surface area contributed by atoms with Crippen LogP contribution in [0, 0.1) is 0 Å². The van der Waals surface area contributed by atoms with Crippen LogP contribution in [0.25, 0.3) is 0 Å². The van der Waals surface area contributed by atoms with Gasteiger partial charge in [-0.05, 0) is 58.8 Å². The van der Waals surface area contributed by atoms with Crippen molar-refractivity contribution < 1.29 is 14.9 Å². The molecule has 4 heterocycles. The molecule has 4 fully saturated rings. The minimum Gasteiger partial charge on any atom is -0.394 e. The minimum absolute atomic E-state index is 0.0348. The Labute approximate surface area is 175 Å². The molecule has 8 heteroatoms. The molecule has 4 saturated heterocycles. The molecular weight excluding hydrogens is 370 g/mol. The average molecular weight is 412 g/mol. The van der Waals surface area contributed by atoms with Gasteiger partial charge in [-0.15, -0.1) is 0 Å². The fourth-order valence-electron chi connectivity index (χ4n) is 5.58. The zero-order chi connectivity index (χ0) is 20.2. The van der Waals surface area contributed by atoms with E-state index < -0.39 is 12.2 Å². The summed E-state index contributed by atoms with van der Waals surface area (Å²) in [5.74, 6) is 0. The number of rotatable bonds is 6. The number of ether oxygens (including phenoxy) is 1. The number of hydrogen-bond donors (Lipinski definition) is 4. The van der Waals surface area contributed by atoms with Crippen LogP contribution in [0.1, 0.15) is 32.1 Å². The third-order valence-electron chi connectivity index (χ3n) is 7.46. The van der Waals surface area contributed by atoms with E-state index in [4.69, 9.17) is 4.74 Å². The Balaban J connectivity index is 1.31. The van der Waals surface area contributed by atoms with Gasteiger partial charge in [-0.25, -0.2) is 0 Å². The van der Waals surface area contributed by atoms with Gasteiger partial charge in [0.25, 0.3) is 0 Å². The van der Waals surface area contributed by atoms with Gasteiger partial charge in [-0.2, -0.15) is 0 Å². The van der Waals surface area contributed by atoms with Crippen LogP contribution in [0.3, 0.4) is 0 Å². The van der Waals surface area contributed by atoms with Crippen LogP contribution in [-0.2, 0) is 4.74 Å². The predicted octanol–water partition coefficient (Wildman–Crippen LogP) is -1.12. The molecule has 0 aromatic heterocycles. The van der Waals surface area contributed by atoms with Crippen molar-refractivity contribution in [3.63, 3.8) is 0 Å². The molecule has 29 heavy (non-hydrogen) atoms. The first kappa shape index (κ1) is 21.9. The van der Waals surface area contributed by atoms with Crippen molar-refractivity contribution >= 4 is 0 Å². The van der Waals surface area contributed by atoms with Gasteiger partial charge in [0.1, 0.15) is 12.2 Å². The molecule has 5 unspecified atom stereocenters. The minimum atomic E-state index is -0.622. The van der Waals surface area contributed by atoms with Crippen LogP contribution in [0.5, 0.6) is 0 Å². The lowest BCUT2D eigenvalue weighted by Gasteiger charge is -2.44. The maximum absolute atomic E-state index is 10.9. The maximum Gasteiger partial charge on any atom is 0.109 e. The average Bonchev–Trinajstić information content (AvgIpc) is 3.09. The largest absolute Gasteiger partial charge is 0.394 e. The molecule has 8 nitrogen and oxygen atoms in total. The Hall–Kier alpha value is -0.320. The van der Waals surface area contributed by atoms with E-state index in [0.717, 1.165) is 65.2 Å². The van der Waals surface area contributed by atoms with Gasteiger partial charge in [0.05, 0.1) is 24.9 Å². The van der Waals surface area contributed by atoms with Crippen LogP contribution in [-0.4, -0.2) is 127 Å². The molecule has 0 radical (unpaired) electrons. The van der Waals surface area contributed by atoms with Gasteiger partial charge in [0, 0.05) is 38.8 Å². The second kappa shape index (κ2) is 10.3. The highest BCUT2D eigenvalue weighted by molar-refractivity contribution is 4.99. The summed E-state index contributed by atoms with van der Waals surface area (Å²) in [6, 6.07) is 0.488. The normalized spacial score (nSPS) is 39.2. The van der Waals surface area contributed by atoms with Crippen molar-refractivity contribution in [3.05, 3.63) is 0 Å². The summed E-state index contributed by atoms with van der Waals surface area (Å²) in [6.07, 6.45) is 5.52. The Bertz CT molecular complexity index is 491. The highest BCUT2D eigenvalue weighted by atomic mass is 16.5. The summed E-state index contributed by atoms with van der Waals surface area (Å²) in [5, 5.41) is 27.9. The SMILES string of the molecule is CN1CCC(NCC2OC(CO)C(O)C2N2CCN(C3CCCCN3)CC2)CC1. The van der Waals surface area contributed by atoms with Crippen molar-refractivity contribution in [1.29, 1.82) is 0 Å². The summed E-state index contributed by atoms with van der Waals surface area (Å²) in [7, 11) is 2.18. The molecule has 0 amide bonds. The van der Waals surface area contributed by atoms with Crippen LogP contribution in [0.4, 0.5) is 0 Å². The van der Waals surface area contributed by atoms with E-state index in [1.54, 1.807) is 0 Å². The van der Waals surface area contributed by atoms with Gasteiger partial charge in [-0.3, -0.25) is 9.80 Å². The number of nitrogens with one attached hydrogen (secondary N) is 2. The molecule has 0 saturated carbocycles. The topological polar surface area (TPSA) is 83.5 Å². The lowest BCUT2D eigenvalue weighted by molar-refractivity contribution is -0.0223. The molecular formula is C21H41N5O3. The number of aliphatic hydroxyl groups excluding tert-OH is 2. The van der Waals surface area contributed by atoms with Gasteiger partial charge in [0.2, 0.25) is 0 Å². The zero-order valence-electron chi connectivity index (χ0n) is 18.0. The van der Waals surface area contributed by atoms with Crippen LogP contribution >= 0.6 is 0 Å². The molecule has 0 spiro atoms. The van der Waals surface area contributed by atoms with E-state index in [0.29, 0.717) is 12.2 Å². The van der Waals surface area contributed by atoms with Gasteiger partial charge in [0.15, 0.2) is 0 Å². The molecule has 0 aliphatic carbocycles. The van der Waals surface area contributed by atoms with E-state index in [1.807, 2.05) is 0 Å². The molecule has 0 aromatic carbocycles. The van der Waals surface area contributed by atoms with Gasteiger partial charge >= 0.3 is 0 Å². The summed E-state index contributed by atoms with van der Waals surface area (Å²) >= 11 is 0. The Kier molecular flexibility index (Phi) is 7.80. The Morgan fingerprint density at radius 2 is 1.69 bits per heavy atom. The smallest absolute Gasteiger partial charge is 0.109 e. The first-order chi connectivity index (χ1) is 14.2. The number of hydrogen-bond acceptors (Lipinski definition) is 8. The van der Waals surface area contributed by atoms with Crippen molar-refractivity contribution in [1.82, 2.24) is 25.3 Å². The molecule has 0 aromatic rings. The number of piperazine rings is 1. The monoisotopic (exact) mass is 411 g/mol. The quantitative estimate of drug-likeness (QED) is 0.437. The second-order valence-electron chi connectivity index (χ2n) is 9.40. The van der Waals surface area contributed by atoms with Crippen molar-refractivity contribution in [3.8, 4) is 0 Å². The highest BCUT2D eigenvalue weighted by Crippen LogP contribution is 2.27. The van der Waals surface area contributed by atoms with E-state index in [2.05, 4.69) is 32.4 Å². The van der Waals surface area contributed by atoms with Gasteiger partial charge < -0.3 is 30.5 Å². The van der Waals surface area contributed by atoms with E-state index in [1.165, 1.54) is 19.3 Å².